The molecule has 2 heterocycles. The highest BCUT2D eigenvalue weighted by molar-refractivity contribution is 6.11. The molecule has 0 amide bonds. The molecule has 0 unspecified atom stereocenters. The van der Waals surface area contributed by atoms with E-state index in [1.165, 1.54) is 65.0 Å². The van der Waals surface area contributed by atoms with E-state index in [1.807, 2.05) is 36.4 Å². The van der Waals surface area contributed by atoms with Crippen LogP contribution in [-0.2, 0) is 5.41 Å². The lowest BCUT2D eigenvalue weighted by molar-refractivity contribution is -0.0399. The van der Waals surface area contributed by atoms with E-state index >= 15 is 0 Å². The number of hydrogen-bond acceptors (Lipinski definition) is 3. The first kappa shape index (κ1) is 29.7. The molecule has 2 aromatic heterocycles. The fourth-order valence-electron chi connectivity index (χ4n) is 11.6. The third-order valence-electron chi connectivity index (χ3n) is 13.4. The van der Waals surface area contributed by atoms with Crippen molar-refractivity contribution in [1.82, 2.24) is 19.5 Å². The molecule has 13 rings (SSSR count). The van der Waals surface area contributed by atoms with Crippen LogP contribution >= 0.6 is 0 Å². The van der Waals surface area contributed by atoms with Crippen molar-refractivity contribution in [2.24, 2.45) is 23.7 Å². The van der Waals surface area contributed by atoms with Gasteiger partial charge in [-0.3, -0.25) is 0 Å². The van der Waals surface area contributed by atoms with Gasteiger partial charge < -0.3 is 4.57 Å². The van der Waals surface area contributed by atoms with Gasteiger partial charge in [-0.05, 0) is 120 Å². The molecule has 0 radical (unpaired) electrons. The molecule has 0 N–H and O–H groups in total. The highest BCUT2D eigenvalue weighted by Gasteiger charge is 2.61. The molecule has 4 bridgehead atoms. The standard InChI is InChI=1S/C49H38N4/c1-3-11-32(12-4-1)46-50-47(33-13-5-2-6-14-33)52-48(51-46)34-19-21-37(22-20-34)53-44-18-10-8-16-39(44)41-28-40-38-15-7-9-17-42(38)49(43(40)29-45(41)53)35-24-30-23-31(26-35)27-36(49)25-30/h1-22,28-31,35-36H,23-27H2. The molecule has 5 aliphatic carbocycles. The maximum Gasteiger partial charge on any atom is 0.164 e. The summed E-state index contributed by atoms with van der Waals surface area (Å²) in [5, 5.41) is 2.63. The molecular formula is C49H38N4. The van der Waals surface area contributed by atoms with Gasteiger partial charge in [-0.1, -0.05) is 103 Å². The van der Waals surface area contributed by atoms with Crippen LogP contribution in [0, 0.1) is 23.7 Å². The van der Waals surface area contributed by atoms with Crippen molar-refractivity contribution in [2.45, 2.75) is 37.5 Å². The van der Waals surface area contributed by atoms with Gasteiger partial charge in [0, 0.05) is 38.6 Å². The van der Waals surface area contributed by atoms with Crippen molar-refractivity contribution < 1.29 is 0 Å². The molecule has 6 aromatic carbocycles. The molecule has 4 nitrogen and oxygen atoms in total. The zero-order chi connectivity index (χ0) is 34.7. The Hall–Kier alpha value is -5.87. The molecule has 4 fully saturated rings. The van der Waals surface area contributed by atoms with Crippen molar-refractivity contribution in [3.8, 4) is 51.0 Å². The Morgan fingerprint density at radius 2 is 0.981 bits per heavy atom. The number of rotatable bonds is 4. The maximum absolute atomic E-state index is 5.01. The zero-order valence-corrected chi connectivity index (χ0v) is 29.5. The van der Waals surface area contributed by atoms with Gasteiger partial charge in [-0.2, -0.15) is 0 Å². The summed E-state index contributed by atoms with van der Waals surface area (Å²) >= 11 is 0. The lowest BCUT2D eigenvalue weighted by Gasteiger charge is -2.61. The minimum absolute atomic E-state index is 0.129. The number of aromatic nitrogens is 4. The molecule has 5 aliphatic rings. The van der Waals surface area contributed by atoms with Gasteiger partial charge in [0.25, 0.3) is 0 Å². The molecule has 0 saturated heterocycles. The molecule has 8 aromatic rings. The van der Waals surface area contributed by atoms with Crippen molar-refractivity contribution in [2.75, 3.05) is 0 Å². The van der Waals surface area contributed by atoms with Gasteiger partial charge in [0.1, 0.15) is 0 Å². The van der Waals surface area contributed by atoms with Crippen molar-refractivity contribution in [1.29, 1.82) is 0 Å². The van der Waals surface area contributed by atoms with Crippen LogP contribution in [0.15, 0.2) is 146 Å². The maximum atomic E-state index is 5.01. The Balaban J connectivity index is 1.03. The monoisotopic (exact) mass is 682 g/mol. The van der Waals surface area contributed by atoms with Crippen LogP contribution in [0.4, 0.5) is 0 Å². The topological polar surface area (TPSA) is 43.6 Å². The summed E-state index contributed by atoms with van der Waals surface area (Å²) in [4.78, 5) is 14.9. The highest BCUT2D eigenvalue weighted by Crippen LogP contribution is 2.69. The van der Waals surface area contributed by atoms with E-state index in [9.17, 15) is 0 Å². The van der Waals surface area contributed by atoms with Crippen molar-refractivity contribution >= 4 is 21.8 Å². The number of hydrogen-bond donors (Lipinski definition) is 0. The zero-order valence-electron chi connectivity index (χ0n) is 29.5. The summed E-state index contributed by atoms with van der Waals surface area (Å²) in [6.07, 6.45) is 7.01. The summed E-state index contributed by atoms with van der Waals surface area (Å²) in [7, 11) is 0. The number of benzene rings is 6. The van der Waals surface area contributed by atoms with E-state index in [1.54, 1.807) is 11.1 Å². The first-order valence-corrected chi connectivity index (χ1v) is 19.4. The molecule has 254 valence electrons. The SMILES string of the molecule is c1ccc(-c2nc(-c3ccccc3)nc(-c3ccc(-n4c5ccccc5c5cc6c(cc54)C4(c5ccccc5-6)C5CC6CC(C5)CC4C6)cc3)n2)cc1. The van der Waals surface area contributed by atoms with E-state index < -0.39 is 0 Å². The summed E-state index contributed by atoms with van der Waals surface area (Å²) in [6.45, 7) is 0. The van der Waals surface area contributed by atoms with E-state index in [0.717, 1.165) is 46.0 Å². The molecule has 4 saturated carbocycles. The van der Waals surface area contributed by atoms with Gasteiger partial charge in [-0.25, -0.2) is 15.0 Å². The minimum atomic E-state index is 0.129. The first-order chi connectivity index (χ1) is 26.2. The van der Waals surface area contributed by atoms with E-state index in [4.69, 9.17) is 15.0 Å². The van der Waals surface area contributed by atoms with E-state index in [-0.39, 0.29) is 5.41 Å². The average molecular weight is 683 g/mol. The Labute approximate surface area is 309 Å². The third-order valence-corrected chi connectivity index (χ3v) is 13.4. The van der Waals surface area contributed by atoms with Crippen LogP contribution < -0.4 is 0 Å². The second-order valence-electron chi connectivity index (χ2n) is 16.1. The highest BCUT2D eigenvalue weighted by atomic mass is 15.0. The Morgan fingerprint density at radius 3 is 1.62 bits per heavy atom. The van der Waals surface area contributed by atoms with Crippen molar-refractivity contribution in [3.05, 3.63) is 157 Å². The number of fused-ring (bicyclic) bond motifs is 6. The predicted octanol–water partition coefficient (Wildman–Crippen LogP) is 11.7. The smallest absolute Gasteiger partial charge is 0.164 e. The second-order valence-corrected chi connectivity index (χ2v) is 16.1. The summed E-state index contributed by atoms with van der Waals surface area (Å²) in [6, 6.07) is 52.8. The van der Waals surface area contributed by atoms with Crippen LogP contribution in [0.2, 0.25) is 0 Å². The van der Waals surface area contributed by atoms with Gasteiger partial charge in [0.2, 0.25) is 0 Å². The lowest BCUT2D eigenvalue weighted by atomic mass is 9.43. The van der Waals surface area contributed by atoms with Crippen LogP contribution in [0.25, 0.3) is 72.8 Å². The summed E-state index contributed by atoms with van der Waals surface area (Å²) < 4.78 is 2.50. The Bertz CT molecular complexity index is 2640. The molecule has 0 aliphatic heterocycles. The van der Waals surface area contributed by atoms with Gasteiger partial charge in [0.05, 0.1) is 11.0 Å². The molecule has 4 heteroatoms. The molecule has 0 atom stereocenters. The third kappa shape index (κ3) is 4.21. The van der Waals surface area contributed by atoms with Gasteiger partial charge >= 0.3 is 0 Å². The quantitative estimate of drug-likeness (QED) is 0.186. The van der Waals surface area contributed by atoms with Gasteiger partial charge in [0.15, 0.2) is 17.5 Å². The Morgan fingerprint density at radius 1 is 0.434 bits per heavy atom. The minimum Gasteiger partial charge on any atom is -0.309 e. The summed E-state index contributed by atoms with van der Waals surface area (Å²) in [5.74, 6) is 5.33. The Kier molecular flexibility index (Phi) is 6.20. The fourth-order valence-corrected chi connectivity index (χ4v) is 11.6. The molecule has 1 spiro atoms. The van der Waals surface area contributed by atoms with E-state index in [2.05, 4.69) is 114 Å². The second kappa shape index (κ2) is 11.1. The van der Waals surface area contributed by atoms with Gasteiger partial charge in [-0.15, -0.1) is 0 Å². The largest absolute Gasteiger partial charge is 0.309 e. The molecule has 53 heavy (non-hydrogen) atoms. The van der Waals surface area contributed by atoms with Crippen LogP contribution in [-0.4, -0.2) is 19.5 Å². The summed E-state index contributed by atoms with van der Waals surface area (Å²) in [5.41, 5.74) is 12.9. The molecular weight excluding hydrogens is 645 g/mol. The van der Waals surface area contributed by atoms with Crippen LogP contribution in [0.1, 0.15) is 43.2 Å². The van der Waals surface area contributed by atoms with Crippen LogP contribution in [0.5, 0.6) is 0 Å². The lowest BCUT2D eigenvalue weighted by Crippen LogP contribution is -2.55. The first-order valence-electron chi connectivity index (χ1n) is 19.4. The predicted molar refractivity (Wildman–Crippen MR) is 214 cm³/mol. The van der Waals surface area contributed by atoms with Crippen LogP contribution in [0.3, 0.4) is 0 Å². The number of para-hydroxylation sites is 1. The number of nitrogens with zero attached hydrogens (tertiary/aromatic N) is 4. The fraction of sp³-hybridized carbons (Fsp3) is 0.204. The normalized spacial score (nSPS) is 23.5. The average Bonchev–Trinajstić information content (AvgIpc) is 3.69. The van der Waals surface area contributed by atoms with Crippen molar-refractivity contribution in [3.63, 3.8) is 0 Å². The van der Waals surface area contributed by atoms with E-state index in [0.29, 0.717) is 17.5 Å².